The molecule has 1 fully saturated rings. The van der Waals surface area contributed by atoms with E-state index in [4.69, 9.17) is 4.74 Å². The Labute approximate surface area is 102 Å². The maximum atomic E-state index is 11.8. The van der Waals surface area contributed by atoms with Gasteiger partial charge in [0, 0.05) is 0 Å². The number of esters is 1. The molecule has 0 bridgehead atoms. The first kappa shape index (κ1) is 14.4. The number of carbonyl (C=O) groups is 1. The Morgan fingerprint density at radius 2 is 1.94 bits per heavy atom. The van der Waals surface area contributed by atoms with Gasteiger partial charge in [0.15, 0.2) is 9.84 Å². The second-order valence-electron chi connectivity index (χ2n) is 5.70. The van der Waals surface area contributed by atoms with Gasteiger partial charge in [0.2, 0.25) is 0 Å². The van der Waals surface area contributed by atoms with Crippen LogP contribution in [-0.2, 0) is 19.4 Å². The Hall–Kier alpha value is -0.620. The van der Waals surface area contributed by atoms with Crippen LogP contribution in [0, 0.1) is 5.92 Å². The highest BCUT2D eigenvalue weighted by atomic mass is 32.2. The molecule has 2 unspecified atom stereocenters. The summed E-state index contributed by atoms with van der Waals surface area (Å²) in [6.45, 7) is 6.70. The van der Waals surface area contributed by atoms with Gasteiger partial charge in [0.25, 0.3) is 0 Å². The maximum absolute atomic E-state index is 11.8. The van der Waals surface area contributed by atoms with Crippen molar-refractivity contribution < 1.29 is 23.1 Å². The van der Waals surface area contributed by atoms with Crippen molar-refractivity contribution in [3.05, 3.63) is 0 Å². The van der Waals surface area contributed by atoms with Crippen molar-refractivity contribution >= 4 is 15.8 Å². The Bertz CT molecular complexity index is 406. The summed E-state index contributed by atoms with van der Waals surface area (Å²) < 4.78 is 27.8. The van der Waals surface area contributed by atoms with Crippen molar-refractivity contribution in [2.24, 2.45) is 5.92 Å². The average molecular weight is 264 g/mol. The predicted octanol–water partition coefficient (Wildman–Crippen LogP) is 0.514. The second-order valence-corrected chi connectivity index (χ2v) is 7.88. The van der Waals surface area contributed by atoms with Crippen LogP contribution in [0.25, 0.3) is 0 Å². The second kappa shape index (κ2) is 4.24. The van der Waals surface area contributed by atoms with Gasteiger partial charge in [-0.25, -0.2) is 8.42 Å². The molecule has 1 saturated heterocycles. The van der Waals surface area contributed by atoms with E-state index in [0.717, 1.165) is 0 Å². The van der Waals surface area contributed by atoms with Gasteiger partial charge < -0.3 is 9.84 Å². The summed E-state index contributed by atoms with van der Waals surface area (Å²) in [6.07, 6.45) is 0.0930. The Kier molecular flexibility index (Phi) is 3.60. The molecule has 1 N–H and O–H groups in total. The highest BCUT2D eigenvalue weighted by Gasteiger charge is 2.48. The van der Waals surface area contributed by atoms with Crippen LogP contribution < -0.4 is 0 Å². The van der Waals surface area contributed by atoms with E-state index in [9.17, 15) is 18.3 Å². The van der Waals surface area contributed by atoms with Crippen molar-refractivity contribution in [1.82, 2.24) is 0 Å². The van der Waals surface area contributed by atoms with Crippen molar-refractivity contribution in [3.63, 3.8) is 0 Å². The summed E-state index contributed by atoms with van der Waals surface area (Å²) in [7, 11) is -3.23. The molecule has 1 rings (SSSR count). The molecule has 6 heteroatoms. The number of sulfone groups is 1. The lowest BCUT2D eigenvalue weighted by atomic mass is 9.88. The van der Waals surface area contributed by atoms with Crippen LogP contribution in [0.15, 0.2) is 0 Å². The van der Waals surface area contributed by atoms with Crippen molar-refractivity contribution in [1.29, 1.82) is 0 Å². The van der Waals surface area contributed by atoms with Crippen LogP contribution in [0.4, 0.5) is 0 Å². The van der Waals surface area contributed by atoms with E-state index in [-0.39, 0.29) is 17.9 Å². The monoisotopic (exact) mass is 264 g/mol. The predicted molar refractivity (Wildman–Crippen MR) is 63.2 cm³/mol. The fraction of sp³-hybridized carbons (Fsp3) is 0.909. The van der Waals surface area contributed by atoms with E-state index in [0.29, 0.717) is 0 Å². The number of ether oxygens (including phenoxy) is 1. The number of hydrogen-bond donors (Lipinski definition) is 1. The van der Waals surface area contributed by atoms with Crippen LogP contribution in [0.3, 0.4) is 0 Å². The quantitative estimate of drug-likeness (QED) is 0.735. The standard InChI is InChI=1S/C11H20O5S/c1-8(9(12)16-10(2,3)4)11(13)5-6-17(14,15)7-11/h8,13H,5-7H2,1-4H3. The summed E-state index contributed by atoms with van der Waals surface area (Å²) in [5.41, 5.74) is -2.12. The smallest absolute Gasteiger partial charge is 0.312 e. The lowest BCUT2D eigenvalue weighted by Crippen LogP contribution is -2.44. The third-order valence-electron chi connectivity index (χ3n) is 2.88. The van der Waals surface area contributed by atoms with Gasteiger partial charge >= 0.3 is 5.97 Å². The van der Waals surface area contributed by atoms with E-state index >= 15 is 0 Å². The molecule has 0 spiro atoms. The molecule has 0 amide bonds. The normalized spacial score (nSPS) is 29.9. The van der Waals surface area contributed by atoms with Crippen molar-refractivity contribution in [3.8, 4) is 0 Å². The Morgan fingerprint density at radius 3 is 2.29 bits per heavy atom. The zero-order valence-electron chi connectivity index (χ0n) is 10.7. The van der Waals surface area contributed by atoms with E-state index in [2.05, 4.69) is 0 Å². The molecule has 2 atom stereocenters. The van der Waals surface area contributed by atoms with Gasteiger partial charge in [0.05, 0.1) is 23.0 Å². The molecule has 1 aliphatic rings. The van der Waals surface area contributed by atoms with Gasteiger partial charge in [-0.3, -0.25) is 4.79 Å². The molecule has 0 aliphatic carbocycles. The average Bonchev–Trinajstić information content (AvgIpc) is 2.37. The third-order valence-corrected chi connectivity index (χ3v) is 4.65. The molecule has 0 aromatic carbocycles. The largest absolute Gasteiger partial charge is 0.460 e. The van der Waals surface area contributed by atoms with Crippen molar-refractivity contribution in [2.45, 2.75) is 45.3 Å². The molecular weight excluding hydrogens is 244 g/mol. The molecule has 1 aliphatic heterocycles. The minimum Gasteiger partial charge on any atom is -0.460 e. The van der Waals surface area contributed by atoms with Crippen LogP contribution in [0.2, 0.25) is 0 Å². The minimum atomic E-state index is -3.23. The fourth-order valence-corrected chi connectivity index (χ4v) is 3.77. The zero-order valence-corrected chi connectivity index (χ0v) is 11.5. The van der Waals surface area contributed by atoms with Gasteiger partial charge in [-0.05, 0) is 34.1 Å². The Morgan fingerprint density at radius 1 is 1.41 bits per heavy atom. The summed E-state index contributed by atoms with van der Waals surface area (Å²) in [5, 5.41) is 10.2. The third kappa shape index (κ3) is 3.67. The molecule has 100 valence electrons. The van der Waals surface area contributed by atoms with E-state index in [1.165, 1.54) is 6.92 Å². The molecule has 0 aromatic heterocycles. The molecule has 17 heavy (non-hydrogen) atoms. The zero-order chi connectivity index (χ0) is 13.5. The topological polar surface area (TPSA) is 80.7 Å². The van der Waals surface area contributed by atoms with Crippen LogP contribution >= 0.6 is 0 Å². The summed E-state index contributed by atoms with van der Waals surface area (Å²) in [4.78, 5) is 11.8. The molecule has 0 aromatic rings. The molecule has 5 nitrogen and oxygen atoms in total. The van der Waals surface area contributed by atoms with Gasteiger partial charge in [-0.2, -0.15) is 0 Å². The fourth-order valence-electron chi connectivity index (χ4n) is 1.81. The van der Waals surface area contributed by atoms with Crippen LogP contribution in [-0.4, -0.2) is 42.2 Å². The molecular formula is C11H20O5S. The van der Waals surface area contributed by atoms with E-state index < -0.39 is 32.9 Å². The summed E-state index contributed by atoms with van der Waals surface area (Å²) >= 11 is 0. The van der Waals surface area contributed by atoms with Gasteiger partial charge in [-0.15, -0.1) is 0 Å². The number of aliphatic hydroxyl groups is 1. The highest BCUT2D eigenvalue weighted by Crippen LogP contribution is 2.32. The first-order valence-corrected chi connectivity index (χ1v) is 7.43. The SMILES string of the molecule is CC(C(=O)OC(C)(C)C)C1(O)CCS(=O)(=O)C1. The summed E-state index contributed by atoms with van der Waals surface area (Å²) in [5.74, 6) is -1.83. The maximum Gasteiger partial charge on any atom is 0.312 e. The minimum absolute atomic E-state index is 0.0728. The number of rotatable bonds is 2. The highest BCUT2D eigenvalue weighted by molar-refractivity contribution is 7.91. The van der Waals surface area contributed by atoms with Gasteiger partial charge in [-0.1, -0.05) is 0 Å². The lowest BCUT2D eigenvalue weighted by molar-refractivity contribution is -0.167. The van der Waals surface area contributed by atoms with Crippen LogP contribution in [0.5, 0.6) is 0 Å². The number of hydrogen-bond acceptors (Lipinski definition) is 5. The Balaban J connectivity index is 2.77. The molecule has 0 radical (unpaired) electrons. The lowest BCUT2D eigenvalue weighted by Gasteiger charge is -2.30. The van der Waals surface area contributed by atoms with Gasteiger partial charge in [0.1, 0.15) is 5.60 Å². The van der Waals surface area contributed by atoms with Crippen LogP contribution in [0.1, 0.15) is 34.1 Å². The summed E-state index contributed by atoms with van der Waals surface area (Å²) in [6, 6.07) is 0. The number of carbonyl (C=O) groups excluding carboxylic acids is 1. The molecule has 1 heterocycles. The van der Waals surface area contributed by atoms with E-state index in [1.807, 2.05) is 0 Å². The van der Waals surface area contributed by atoms with E-state index in [1.54, 1.807) is 20.8 Å². The van der Waals surface area contributed by atoms with Crippen molar-refractivity contribution in [2.75, 3.05) is 11.5 Å². The first-order chi connectivity index (χ1) is 7.45. The molecule has 0 saturated carbocycles. The first-order valence-electron chi connectivity index (χ1n) is 5.61.